The predicted molar refractivity (Wildman–Crippen MR) is 56.5 cm³/mol. The molecule has 0 bridgehead atoms. The first-order valence-electron chi connectivity index (χ1n) is 5.29. The van der Waals surface area contributed by atoms with Gasteiger partial charge in [-0.25, -0.2) is 9.18 Å². The van der Waals surface area contributed by atoms with Crippen molar-refractivity contribution in [2.75, 3.05) is 6.61 Å². The number of aryl methyl sites for hydroxylation is 1. The summed E-state index contributed by atoms with van der Waals surface area (Å²) < 4.78 is 19.0. The molecule has 0 aliphatic carbocycles. The van der Waals surface area contributed by atoms with Crippen LogP contribution in [-0.4, -0.2) is 17.7 Å². The first kappa shape index (κ1) is 10.9. The third-order valence-corrected chi connectivity index (χ3v) is 2.85. The molecule has 0 spiro atoms. The summed E-state index contributed by atoms with van der Waals surface area (Å²) in [4.78, 5) is 11.1. The number of carbonyl (C=O) groups is 1. The van der Waals surface area contributed by atoms with Gasteiger partial charge in [0.1, 0.15) is 17.1 Å². The van der Waals surface area contributed by atoms with Crippen molar-refractivity contribution < 1.29 is 19.0 Å². The second-order valence-corrected chi connectivity index (χ2v) is 3.96. The van der Waals surface area contributed by atoms with E-state index < -0.39 is 11.8 Å². The van der Waals surface area contributed by atoms with Gasteiger partial charge in [-0.3, -0.25) is 0 Å². The van der Waals surface area contributed by atoms with Crippen LogP contribution in [0.4, 0.5) is 4.39 Å². The van der Waals surface area contributed by atoms with E-state index in [1.165, 1.54) is 13.0 Å². The maximum atomic E-state index is 13.5. The van der Waals surface area contributed by atoms with E-state index >= 15 is 0 Å². The number of ether oxygens (including phenoxy) is 1. The average Bonchev–Trinajstić information content (AvgIpc) is 2.44. The Kier molecular flexibility index (Phi) is 2.81. The van der Waals surface area contributed by atoms with Gasteiger partial charge in [0.2, 0.25) is 0 Å². The van der Waals surface area contributed by atoms with E-state index in [-0.39, 0.29) is 11.1 Å². The van der Waals surface area contributed by atoms with Crippen molar-refractivity contribution in [3.05, 3.63) is 28.6 Å². The van der Waals surface area contributed by atoms with Crippen LogP contribution in [0.3, 0.4) is 0 Å². The van der Waals surface area contributed by atoms with Crippen molar-refractivity contribution >= 4 is 5.97 Å². The van der Waals surface area contributed by atoms with Gasteiger partial charge in [-0.15, -0.1) is 0 Å². The van der Waals surface area contributed by atoms with E-state index in [2.05, 4.69) is 0 Å². The lowest BCUT2D eigenvalue weighted by Crippen LogP contribution is -2.08. The van der Waals surface area contributed by atoms with E-state index in [1.807, 2.05) is 0 Å². The van der Waals surface area contributed by atoms with Crippen molar-refractivity contribution in [1.82, 2.24) is 0 Å². The van der Waals surface area contributed by atoms with E-state index in [0.717, 1.165) is 12.8 Å². The molecule has 0 unspecified atom stereocenters. The molecule has 0 saturated carbocycles. The molecule has 0 saturated heterocycles. The fraction of sp³-hybridized carbons (Fsp3) is 0.417. The highest BCUT2D eigenvalue weighted by Crippen LogP contribution is 2.32. The second kappa shape index (κ2) is 4.12. The summed E-state index contributed by atoms with van der Waals surface area (Å²) in [6.07, 6.45) is 2.44. The lowest BCUT2D eigenvalue weighted by Gasteiger charge is -2.13. The average molecular weight is 224 g/mol. The normalized spacial score (nSPS) is 14.9. The van der Waals surface area contributed by atoms with Gasteiger partial charge in [0.25, 0.3) is 0 Å². The van der Waals surface area contributed by atoms with Crippen molar-refractivity contribution in [3.8, 4) is 5.75 Å². The van der Waals surface area contributed by atoms with Gasteiger partial charge in [-0.05, 0) is 37.8 Å². The summed E-state index contributed by atoms with van der Waals surface area (Å²) >= 11 is 0. The van der Waals surface area contributed by atoms with Gasteiger partial charge >= 0.3 is 5.97 Å². The summed E-state index contributed by atoms with van der Waals surface area (Å²) in [6, 6.07) is 1.39. The Bertz CT molecular complexity index is 440. The number of benzene rings is 1. The van der Waals surface area contributed by atoms with Crippen LogP contribution in [-0.2, 0) is 6.42 Å². The fourth-order valence-corrected chi connectivity index (χ4v) is 1.98. The standard InChI is InChI=1S/C12H13FO3/c1-7-9(13)6-8-4-2-3-5-16-11(8)10(7)12(14)15/h6H,2-5H2,1H3,(H,14,15). The number of aromatic carboxylic acids is 1. The lowest BCUT2D eigenvalue weighted by molar-refractivity contribution is 0.0690. The Balaban J connectivity index is 2.65. The minimum absolute atomic E-state index is 0.0306. The number of carboxylic acid groups (broad SMARTS) is 1. The van der Waals surface area contributed by atoms with Crippen molar-refractivity contribution in [2.45, 2.75) is 26.2 Å². The Hall–Kier alpha value is -1.58. The van der Waals surface area contributed by atoms with E-state index in [4.69, 9.17) is 9.84 Å². The molecule has 0 aromatic heterocycles. The molecule has 1 aliphatic heterocycles. The molecule has 3 nitrogen and oxygen atoms in total. The highest BCUT2D eigenvalue weighted by molar-refractivity contribution is 5.93. The first-order valence-corrected chi connectivity index (χ1v) is 5.29. The van der Waals surface area contributed by atoms with Crippen LogP contribution in [0.25, 0.3) is 0 Å². The summed E-state index contributed by atoms with van der Waals surface area (Å²) in [5.74, 6) is -1.25. The van der Waals surface area contributed by atoms with Crippen LogP contribution in [0.1, 0.15) is 34.3 Å². The van der Waals surface area contributed by atoms with E-state index in [1.54, 1.807) is 0 Å². The summed E-state index contributed by atoms with van der Waals surface area (Å²) in [7, 11) is 0. The van der Waals surface area contributed by atoms with Gasteiger partial charge in [0.05, 0.1) is 6.61 Å². The topological polar surface area (TPSA) is 46.5 Å². The number of hydrogen-bond acceptors (Lipinski definition) is 2. The van der Waals surface area contributed by atoms with Crippen LogP contribution in [0.5, 0.6) is 5.75 Å². The van der Waals surface area contributed by atoms with Crippen LogP contribution in [0.15, 0.2) is 6.07 Å². The number of carboxylic acids is 1. The minimum Gasteiger partial charge on any atom is -0.492 e. The third kappa shape index (κ3) is 1.75. The summed E-state index contributed by atoms with van der Waals surface area (Å²) in [5, 5.41) is 9.09. The molecule has 2 rings (SSSR count). The molecule has 1 aromatic carbocycles. The van der Waals surface area contributed by atoms with Gasteiger partial charge in [0, 0.05) is 5.56 Å². The molecule has 4 heteroatoms. The SMILES string of the molecule is Cc1c(F)cc2c(c1C(=O)O)OCCCC2. The highest BCUT2D eigenvalue weighted by Gasteiger charge is 2.23. The minimum atomic E-state index is -1.13. The van der Waals surface area contributed by atoms with Gasteiger partial charge in [-0.2, -0.15) is 0 Å². The number of hydrogen-bond donors (Lipinski definition) is 1. The highest BCUT2D eigenvalue weighted by atomic mass is 19.1. The molecule has 16 heavy (non-hydrogen) atoms. The smallest absolute Gasteiger partial charge is 0.339 e. The molecule has 1 aromatic rings. The molecule has 0 atom stereocenters. The van der Waals surface area contributed by atoms with Crippen LogP contribution < -0.4 is 4.74 Å². The maximum absolute atomic E-state index is 13.5. The molecule has 1 N–H and O–H groups in total. The van der Waals surface area contributed by atoms with Crippen LogP contribution in [0.2, 0.25) is 0 Å². The number of fused-ring (bicyclic) bond motifs is 1. The van der Waals surface area contributed by atoms with Crippen molar-refractivity contribution in [1.29, 1.82) is 0 Å². The largest absolute Gasteiger partial charge is 0.492 e. The molecule has 0 radical (unpaired) electrons. The number of halogens is 1. The fourth-order valence-electron chi connectivity index (χ4n) is 1.98. The Morgan fingerprint density at radius 3 is 2.94 bits per heavy atom. The third-order valence-electron chi connectivity index (χ3n) is 2.85. The van der Waals surface area contributed by atoms with Gasteiger partial charge in [-0.1, -0.05) is 0 Å². The first-order chi connectivity index (χ1) is 7.61. The molecule has 1 heterocycles. The van der Waals surface area contributed by atoms with Crippen molar-refractivity contribution in [2.24, 2.45) is 0 Å². The Morgan fingerprint density at radius 1 is 1.50 bits per heavy atom. The molecular formula is C12H13FO3. The zero-order chi connectivity index (χ0) is 11.7. The molecule has 86 valence electrons. The quantitative estimate of drug-likeness (QED) is 0.797. The molecule has 1 aliphatic rings. The van der Waals surface area contributed by atoms with Gasteiger partial charge in [0.15, 0.2) is 0 Å². The van der Waals surface area contributed by atoms with Crippen LogP contribution in [0, 0.1) is 12.7 Å². The number of rotatable bonds is 1. The van der Waals surface area contributed by atoms with E-state index in [9.17, 15) is 9.18 Å². The predicted octanol–water partition coefficient (Wildman–Crippen LogP) is 2.55. The monoisotopic (exact) mass is 224 g/mol. The zero-order valence-electron chi connectivity index (χ0n) is 9.05. The second-order valence-electron chi connectivity index (χ2n) is 3.96. The Morgan fingerprint density at radius 2 is 2.25 bits per heavy atom. The van der Waals surface area contributed by atoms with Crippen molar-refractivity contribution in [3.63, 3.8) is 0 Å². The molecule has 0 fully saturated rings. The van der Waals surface area contributed by atoms with E-state index in [0.29, 0.717) is 24.3 Å². The van der Waals surface area contributed by atoms with Crippen LogP contribution >= 0.6 is 0 Å². The molecular weight excluding hydrogens is 211 g/mol. The molecule has 0 amide bonds. The summed E-state index contributed by atoms with van der Waals surface area (Å²) in [5.41, 5.74) is 0.781. The summed E-state index contributed by atoms with van der Waals surface area (Å²) in [6.45, 7) is 1.96. The van der Waals surface area contributed by atoms with Gasteiger partial charge < -0.3 is 9.84 Å². The lowest BCUT2D eigenvalue weighted by atomic mass is 9.99. The maximum Gasteiger partial charge on any atom is 0.339 e. The Labute approximate surface area is 92.9 Å². The zero-order valence-corrected chi connectivity index (χ0v) is 9.05.